The third kappa shape index (κ3) is 11.5. The van der Waals surface area contributed by atoms with Crippen LogP contribution >= 0.6 is 0 Å². The summed E-state index contributed by atoms with van der Waals surface area (Å²) in [5, 5.41) is 3.77. The molecule has 1 nitrogen and oxygen atoms in total. The van der Waals surface area contributed by atoms with Crippen molar-refractivity contribution in [2.45, 2.75) is 139 Å². The van der Waals surface area contributed by atoms with Gasteiger partial charge in [-0.25, -0.2) is 0 Å². The van der Waals surface area contributed by atoms with Crippen LogP contribution in [0.5, 0.6) is 0 Å². The van der Waals surface area contributed by atoms with Crippen LogP contribution in [-0.4, -0.2) is 13.1 Å². The van der Waals surface area contributed by atoms with Crippen molar-refractivity contribution >= 4 is 0 Å². The standard InChI is InChI=1S/C39H71N/c1-12-19-40-20-18-38-25-31(7)29(5)16-14-27(3)21-34(10)37(13-2)22-28(4)15-17-30(6)39(38)26-36-23-32(8)35(11)33(9)24-36/h21,30-40H,4-5,12-20,22-26H2,1-3,6-11H3/b27-21+/t30-,31+,32-,33?,34-,35?,36+,37-,38-,39-/m0/s1. The Morgan fingerprint density at radius 1 is 0.825 bits per heavy atom. The normalized spacial score (nSPS) is 39.1. The van der Waals surface area contributed by atoms with Gasteiger partial charge in [-0.3, -0.25) is 0 Å². The topological polar surface area (TPSA) is 12.0 Å². The van der Waals surface area contributed by atoms with E-state index >= 15 is 0 Å². The van der Waals surface area contributed by atoms with Crippen molar-refractivity contribution in [2.24, 2.45) is 59.2 Å². The maximum Gasteiger partial charge on any atom is -0.00462 e. The van der Waals surface area contributed by atoms with Crippen LogP contribution in [0.25, 0.3) is 0 Å². The summed E-state index contributed by atoms with van der Waals surface area (Å²) in [7, 11) is 0. The highest BCUT2D eigenvalue weighted by molar-refractivity contribution is 5.09. The molecule has 0 aromatic heterocycles. The van der Waals surface area contributed by atoms with Crippen molar-refractivity contribution in [2.75, 3.05) is 13.1 Å². The molecule has 0 radical (unpaired) electrons. The molecule has 0 spiro atoms. The van der Waals surface area contributed by atoms with Crippen molar-refractivity contribution in [3.05, 3.63) is 36.0 Å². The predicted molar refractivity (Wildman–Crippen MR) is 181 cm³/mol. The van der Waals surface area contributed by atoms with Gasteiger partial charge < -0.3 is 5.32 Å². The van der Waals surface area contributed by atoms with Crippen molar-refractivity contribution < 1.29 is 0 Å². The first-order valence-corrected chi connectivity index (χ1v) is 17.7. The smallest absolute Gasteiger partial charge is 0.00462 e. The fourth-order valence-electron chi connectivity index (χ4n) is 8.41. The first-order valence-electron chi connectivity index (χ1n) is 17.7. The second-order valence-electron chi connectivity index (χ2n) is 15.2. The van der Waals surface area contributed by atoms with E-state index in [1.807, 2.05) is 0 Å². The Labute approximate surface area is 252 Å². The van der Waals surface area contributed by atoms with Gasteiger partial charge in [-0.05, 0) is 150 Å². The van der Waals surface area contributed by atoms with Crippen LogP contribution in [0.4, 0.5) is 0 Å². The molecule has 0 heterocycles. The van der Waals surface area contributed by atoms with E-state index in [0.29, 0.717) is 17.8 Å². The van der Waals surface area contributed by atoms with E-state index in [2.05, 4.69) is 86.9 Å². The minimum absolute atomic E-state index is 0.603. The van der Waals surface area contributed by atoms with Crippen molar-refractivity contribution in [3.8, 4) is 0 Å². The fourth-order valence-corrected chi connectivity index (χ4v) is 8.41. The van der Waals surface area contributed by atoms with Crippen LogP contribution < -0.4 is 5.32 Å². The molecule has 0 aromatic rings. The van der Waals surface area contributed by atoms with Crippen LogP contribution in [0.15, 0.2) is 36.0 Å². The Hall–Kier alpha value is -0.820. The van der Waals surface area contributed by atoms with Gasteiger partial charge >= 0.3 is 0 Å². The highest BCUT2D eigenvalue weighted by atomic mass is 14.8. The maximum absolute atomic E-state index is 4.67. The number of allylic oxidation sites excluding steroid dienone is 4. The first-order chi connectivity index (χ1) is 19.0. The first kappa shape index (κ1) is 35.4. The van der Waals surface area contributed by atoms with E-state index in [-0.39, 0.29) is 0 Å². The number of rotatable bonds is 8. The largest absolute Gasteiger partial charge is 0.317 e. The summed E-state index contributed by atoms with van der Waals surface area (Å²) >= 11 is 0. The van der Waals surface area contributed by atoms with Gasteiger partial charge in [0.15, 0.2) is 0 Å². The summed E-state index contributed by atoms with van der Waals surface area (Å²) in [6.07, 6.45) is 18.0. The van der Waals surface area contributed by atoms with E-state index in [4.69, 9.17) is 0 Å². The number of nitrogens with one attached hydrogen (secondary N) is 1. The molecule has 0 aromatic carbocycles. The summed E-state index contributed by atoms with van der Waals surface area (Å²) in [6, 6.07) is 0. The Bertz CT molecular complexity index is 764. The van der Waals surface area contributed by atoms with Gasteiger partial charge in [0.1, 0.15) is 0 Å². The minimum atomic E-state index is 0.603. The molecule has 2 unspecified atom stereocenters. The molecule has 2 aliphatic carbocycles. The summed E-state index contributed by atoms with van der Waals surface area (Å²) < 4.78 is 0. The van der Waals surface area contributed by atoms with E-state index in [1.165, 1.54) is 88.3 Å². The van der Waals surface area contributed by atoms with E-state index in [0.717, 1.165) is 54.4 Å². The molecule has 0 bridgehead atoms. The van der Waals surface area contributed by atoms with Crippen molar-refractivity contribution in [3.63, 3.8) is 0 Å². The van der Waals surface area contributed by atoms with Crippen molar-refractivity contribution in [1.82, 2.24) is 5.32 Å². The predicted octanol–water partition coefficient (Wildman–Crippen LogP) is 11.7. The molecule has 10 atom stereocenters. The Balaban J connectivity index is 2.35. The minimum Gasteiger partial charge on any atom is -0.317 e. The Kier molecular flexibility index (Phi) is 15.9. The van der Waals surface area contributed by atoms with E-state index < -0.39 is 0 Å². The monoisotopic (exact) mass is 554 g/mol. The lowest BCUT2D eigenvalue weighted by Crippen LogP contribution is -2.33. The van der Waals surface area contributed by atoms with Crippen molar-refractivity contribution in [1.29, 1.82) is 0 Å². The molecule has 2 rings (SSSR count). The SMILES string of the molecule is C=C1CC[C@H](C)[C@H](C[C@H]2CC(C)C(C)[C@@H](C)C2)[C@@H](CCNCCC)C[C@@H](C)C(=C)CC/C(C)=C/[C@H](C)[C@@H](CC)C1. The van der Waals surface area contributed by atoms with Gasteiger partial charge in [0, 0.05) is 0 Å². The van der Waals surface area contributed by atoms with Crippen LogP contribution in [0.1, 0.15) is 139 Å². The molecule has 232 valence electrons. The molecule has 0 amide bonds. The molecule has 0 aliphatic heterocycles. The molecule has 1 N–H and O–H groups in total. The zero-order valence-corrected chi connectivity index (χ0v) is 28.7. The third-order valence-corrected chi connectivity index (χ3v) is 11.8. The van der Waals surface area contributed by atoms with E-state index in [1.54, 1.807) is 5.57 Å². The molecule has 0 saturated heterocycles. The molecule has 1 fully saturated rings. The van der Waals surface area contributed by atoms with Gasteiger partial charge in [0.25, 0.3) is 0 Å². The van der Waals surface area contributed by atoms with Gasteiger partial charge in [-0.15, -0.1) is 0 Å². The third-order valence-electron chi connectivity index (χ3n) is 11.8. The summed E-state index contributed by atoms with van der Waals surface area (Å²) in [4.78, 5) is 0. The van der Waals surface area contributed by atoms with Gasteiger partial charge in [0.2, 0.25) is 0 Å². The average molecular weight is 554 g/mol. The Morgan fingerprint density at radius 3 is 2.12 bits per heavy atom. The summed E-state index contributed by atoms with van der Waals surface area (Å²) in [5.74, 6) is 7.78. The zero-order chi connectivity index (χ0) is 29.8. The van der Waals surface area contributed by atoms with Gasteiger partial charge in [-0.1, -0.05) is 97.8 Å². The van der Waals surface area contributed by atoms with Crippen LogP contribution in [-0.2, 0) is 0 Å². The lowest BCUT2D eigenvalue weighted by Gasteiger charge is -2.42. The summed E-state index contributed by atoms with van der Waals surface area (Å²) in [5.41, 5.74) is 4.54. The average Bonchev–Trinajstić information content (AvgIpc) is 2.91. The van der Waals surface area contributed by atoms with Gasteiger partial charge in [-0.2, -0.15) is 0 Å². The lowest BCUT2D eigenvalue weighted by atomic mass is 9.64. The maximum atomic E-state index is 4.67. The molecular weight excluding hydrogens is 482 g/mol. The number of hydrogen-bond donors (Lipinski definition) is 1. The quantitative estimate of drug-likeness (QED) is 0.233. The second kappa shape index (κ2) is 18.0. The lowest BCUT2D eigenvalue weighted by molar-refractivity contribution is 0.0884. The van der Waals surface area contributed by atoms with Crippen LogP contribution in [0.2, 0.25) is 0 Å². The highest BCUT2D eigenvalue weighted by Gasteiger charge is 2.35. The summed E-state index contributed by atoms with van der Waals surface area (Å²) in [6.45, 7) is 33.7. The van der Waals surface area contributed by atoms with Gasteiger partial charge in [0.05, 0.1) is 0 Å². The zero-order valence-electron chi connectivity index (χ0n) is 28.7. The molecule has 1 heteroatoms. The van der Waals surface area contributed by atoms with Crippen LogP contribution in [0.3, 0.4) is 0 Å². The molecular formula is C39H71N. The fraction of sp³-hybridized carbons (Fsp3) is 0.846. The Morgan fingerprint density at radius 2 is 1.50 bits per heavy atom. The molecule has 2 aliphatic rings. The van der Waals surface area contributed by atoms with E-state index in [9.17, 15) is 0 Å². The molecule has 1 saturated carbocycles. The number of hydrogen-bond acceptors (Lipinski definition) is 1. The molecule has 40 heavy (non-hydrogen) atoms. The highest BCUT2D eigenvalue weighted by Crippen LogP contribution is 2.45. The second-order valence-corrected chi connectivity index (χ2v) is 15.2. The van der Waals surface area contributed by atoms with Crippen LogP contribution in [0, 0.1) is 59.2 Å².